The quantitative estimate of drug-likeness (QED) is 0.803. The molecule has 0 saturated carbocycles. The van der Waals surface area contributed by atoms with Crippen LogP contribution in [0.5, 0.6) is 0 Å². The Hall–Kier alpha value is -2.17. The van der Waals surface area contributed by atoms with Gasteiger partial charge < -0.3 is 5.32 Å². The largest absolute Gasteiger partial charge is 0.352 e. The van der Waals surface area contributed by atoms with E-state index in [-0.39, 0.29) is 11.8 Å². The second-order valence-electron chi connectivity index (χ2n) is 4.78. The Balaban J connectivity index is 1.99. The van der Waals surface area contributed by atoms with Crippen molar-refractivity contribution in [1.82, 2.24) is 10.7 Å². The third-order valence-corrected chi connectivity index (χ3v) is 3.20. The van der Waals surface area contributed by atoms with Crippen LogP contribution in [0.1, 0.15) is 48.5 Å². The van der Waals surface area contributed by atoms with Crippen LogP contribution in [0, 0.1) is 0 Å². The zero-order valence-corrected chi connectivity index (χ0v) is 11.6. The maximum atomic E-state index is 11.9. The zero-order valence-electron chi connectivity index (χ0n) is 11.6. The first-order valence-corrected chi connectivity index (χ1v) is 6.94. The van der Waals surface area contributed by atoms with E-state index in [4.69, 9.17) is 0 Å². The van der Waals surface area contributed by atoms with E-state index >= 15 is 0 Å². The van der Waals surface area contributed by atoms with Crippen molar-refractivity contribution < 1.29 is 9.59 Å². The molecule has 5 nitrogen and oxygen atoms in total. The fraction of sp³-hybridized carbons (Fsp3) is 0.400. The number of amides is 2. The summed E-state index contributed by atoms with van der Waals surface area (Å²) < 4.78 is 0. The molecule has 0 saturated heterocycles. The third kappa shape index (κ3) is 3.66. The number of carbonyl (C=O) groups excluding carboxylic acids is 2. The van der Waals surface area contributed by atoms with E-state index < -0.39 is 0 Å². The van der Waals surface area contributed by atoms with Crippen LogP contribution >= 0.6 is 0 Å². The Bertz CT molecular complexity index is 520. The standard InChI is InChI=1S/C15H19N3O2/c1-2-3-10-16-15(20)12-6-4-11(5-7-12)13-8-9-14(19)18-17-13/h4-7H,2-3,8-10H2,1H3,(H,16,20)(H,18,19). The molecule has 0 aliphatic carbocycles. The Morgan fingerprint density at radius 2 is 2.05 bits per heavy atom. The summed E-state index contributed by atoms with van der Waals surface area (Å²) in [6.45, 7) is 2.79. The smallest absolute Gasteiger partial charge is 0.251 e. The van der Waals surface area contributed by atoms with Gasteiger partial charge in [0.1, 0.15) is 0 Å². The molecule has 0 unspecified atom stereocenters. The summed E-state index contributed by atoms with van der Waals surface area (Å²) in [5.74, 6) is -0.107. The number of nitrogens with zero attached hydrogens (tertiary/aromatic N) is 1. The SMILES string of the molecule is CCCCNC(=O)c1ccc(C2=NNC(=O)CC2)cc1. The van der Waals surface area contributed by atoms with Gasteiger partial charge in [0.2, 0.25) is 5.91 Å². The summed E-state index contributed by atoms with van der Waals surface area (Å²) in [5.41, 5.74) is 4.91. The van der Waals surface area contributed by atoms with Crippen molar-refractivity contribution in [2.75, 3.05) is 6.54 Å². The van der Waals surface area contributed by atoms with Crippen molar-refractivity contribution in [2.45, 2.75) is 32.6 Å². The first-order valence-electron chi connectivity index (χ1n) is 6.94. The van der Waals surface area contributed by atoms with Crippen LogP contribution in [-0.2, 0) is 4.79 Å². The predicted octanol–water partition coefficient (Wildman–Crippen LogP) is 1.83. The molecule has 1 aromatic rings. The highest BCUT2D eigenvalue weighted by molar-refractivity contribution is 6.04. The van der Waals surface area contributed by atoms with E-state index in [9.17, 15) is 9.59 Å². The Labute approximate surface area is 118 Å². The van der Waals surface area contributed by atoms with Crippen LogP contribution < -0.4 is 10.7 Å². The van der Waals surface area contributed by atoms with Gasteiger partial charge >= 0.3 is 0 Å². The molecular formula is C15H19N3O2. The number of hydrogen-bond donors (Lipinski definition) is 2. The minimum absolute atomic E-state index is 0.0520. The molecule has 0 atom stereocenters. The fourth-order valence-electron chi connectivity index (χ4n) is 1.98. The molecule has 1 aliphatic heterocycles. The summed E-state index contributed by atoms with van der Waals surface area (Å²) in [6.07, 6.45) is 3.14. The summed E-state index contributed by atoms with van der Waals surface area (Å²) in [7, 11) is 0. The van der Waals surface area contributed by atoms with Gasteiger partial charge in [0.25, 0.3) is 5.91 Å². The second kappa shape index (κ2) is 6.84. The van der Waals surface area contributed by atoms with Crippen molar-refractivity contribution in [2.24, 2.45) is 5.10 Å². The average Bonchev–Trinajstić information content (AvgIpc) is 2.48. The Kier molecular flexibility index (Phi) is 4.87. The molecule has 2 rings (SSSR count). The Morgan fingerprint density at radius 3 is 2.65 bits per heavy atom. The first-order chi connectivity index (χ1) is 9.70. The number of nitrogens with one attached hydrogen (secondary N) is 2. The average molecular weight is 273 g/mol. The van der Waals surface area contributed by atoms with Gasteiger partial charge in [0.15, 0.2) is 0 Å². The van der Waals surface area contributed by atoms with Crippen LogP contribution in [-0.4, -0.2) is 24.1 Å². The highest BCUT2D eigenvalue weighted by Crippen LogP contribution is 2.11. The number of unbranched alkanes of at least 4 members (excludes halogenated alkanes) is 1. The summed E-state index contributed by atoms with van der Waals surface area (Å²) in [6, 6.07) is 7.31. The normalized spacial score (nSPS) is 14.4. The van der Waals surface area contributed by atoms with E-state index in [0.29, 0.717) is 24.9 Å². The molecule has 1 heterocycles. The minimum atomic E-state index is -0.0549. The molecule has 106 valence electrons. The molecule has 20 heavy (non-hydrogen) atoms. The molecule has 1 aliphatic rings. The molecule has 0 aromatic heterocycles. The monoisotopic (exact) mass is 273 g/mol. The van der Waals surface area contributed by atoms with Gasteiger partial charge in [-0.25, -0.2) is 5.43 Å². The number of rotatable bonds is 5. The maximum absolute atomic E-state index is 11.9. The molecule has 5 heteroatoms. The highest BCUT2D eigenvalue weighted by atomic mass is 16.2. The van der Waals surface area contributed by atoms with Gasteiger partial charge in [-0.1, -0.05) is 25.5 Å². The van der Waals surface area contributed by atoms with E-state index in [0.717, 1.165) is 24.1 Å². The zero-order chi connectivity index (χ0) is 14.4. The predicted molar refractivity (Wildman–Crippen MR) is 77.6 cm³/mol. The van der Waals surface area contributed by atoms with Gasteiger partial charge in [0, 0.05) is 24.9 Å². The fourth-order valence-corrected chi connectivity index (χ4v) is 1.98. The van der Waals surface area contributed by atoms with Gasteiger partial charge in [-0.2, -0.15) is 5.10 Å². The lowest BCUT2D eigenvalue weighted by Crippen LogP contribution is -2.26. The number of carbonyl (C=O) groups is 2. The molecule has 0 fully saturated rings. The van der Waals surface area contributed by atoms with Crippen molar-refractivity contribution >= 4 is 17.5 Å². The van der Waals surface area contributed by atoms with Crippen molar-refractivity contribution in [3.05, 3.63) is 35.4 Å². The lowest BCUT2D eigenvalue weighted by atomic mass is 10.0. The number of hydrazone groups is 1. The lowest BCUT2D eigenvalue weighted by Gasteiger charge is -2.12. The van der Waals surface area contributed by atoms with E-state index in [1.165, 1.54) is 0 Å². The van der Waals surface area contributed by atoms with Crippen LogP contribution in [0.15, 0.2) is 29.4 Å². The topological polar surface area (TPSA) is 70.6 Å². The molecule has 2 N–H and O–H groups in total. The summed E-state index contributed by atoms with van der Waals surface area (Å²) in [4.78, 5) is 22.9. The van der Waals surface area contributed by atoms with E-state index in [1.54, 1.807) is 12.1 Å². The van der Waals surface area contributed by atoms with Crippen molar-refractivity contribution in [1.29, 1.82) is 0 Å². The van der Waals surface area contributed by atoms with Crippen LogP contribution in [0.2, 0.25) is 0 Å². The highest BCUT2D eigenvalue weighted by Gasteiger charge is 2.13. The van der Waals surface area contributed by atoms with Crippen LogP contribution in [0.25, 0.3) is 0 Å². The molecule has 2 amide bonds. The Morgan fingerprint density at radius 1 is 1.30 bits per heavy atom. The van der Waals surface area contributed by atoms with Crippen LogP contribution in [0.3, 0.4) is 0 Å². The molecule has 0 radical (unpaired) electrons. The number of hydrogen-bond acceptors (Lipinski definition) is 3. The van der Waals surface area contributed by atoms with Crippen molar-refractivity contribution in [3.63, 3.8) is 0 Å². The molecular weight excluding hydrogens is 254 g/mol. The number of benzene rings is 1. The summed E-state index contributed by atoms with van der Waals surface area (Å²) >= 11 is 0. The lowest BCUT2D eigenvalue weighted by molar-refractivity contribution is -0.121. The van der Waals surface area contributed by atoms with Crippen LogP contribution in [0.4, 0.5) is 0 Å². The molecule has 0 bridgehead atoms. The van der Waals surface area contributed by atoms with Crippen molar-refractivity contribution in [3.8, 4) is 0 Å². The maximum Gasteiger partial charge on any atom is 0.251 e. The molecule has 1 aromatic carbocycles. The van der Waals surface area contributed by atoms with Gasteiger partial charge in [0.05, 0.1) is 5.71 Å². The third-order valence-electron chi connectivity index (χ3n) is 3.20. The first kappa shape index (κ1) is 14.2. The van der Waals surface area contributed by atoms with E-state index in [2.05, 4.69) is 22.8 Å². The van der Waals surface area contributed by atoms with Gasteiger partial charge in [-0.15, -0.1) is 0 Å². The second-order valence-corrected chi connectivity index (χ2v) is 4.78. The summed E-state index contributed by atoms with van der Waals surface area (Å²) in [5, 5.41) is 6.91. The van der Waals surface area contributed by atoms with Gasteiger partial charge in [-0.05, 0) is 24.1 Å². The van der Waals surface area contributed by atoms with Gasteiger partial charge in [-0.3, -0.25) is 9.59 Å². The minimum Gasteiger partial charge on any atom is -0.352 e. The van der Waals surface area contributed by atoms with E-state index in [1.807, 2.05) is 12.1 Å². The molecule has 0 spiro atoms.